The number of esters is 1. The topological polar surface area (TPSA) is 56.6 Å². The highest BCUT2D eigenvalue weighted by Crippen LogP contribution is 2.50. The van der Waals surface area contributed by atoms with Crippen LogP contribution in [0.15, 0.2) is 30.6 Å². The summed E-state index contributed by atoms with van der Waals surface area (Å²) in [6.07, 6.45) is 6.11. The van der Waals surface area contributed by atoms with Crippen molar-refractivity contribution in [2.45, 2.75) is 44.1 Å². The second-order valence-electron chi connectivity index (χ2n) is 8.42. The molecular formula is C23H30FN3O3. The first-order valence-corrected chi connectivity index (χ1v) is 10.7. The number of rotatable bonds is 6. The van der Waals surface area contributed by atoms with E-state index in [9.17, 15) is 9.18 Å². The second-order valence-corrected chi connectivity index (χ2v) is 8.42. The first kappa shape index (κ1) is 21.0. The third kappa shape index (κ3) is 4.01. The van der Waals surface area contributed by atoms with Crippen LogP contribution in [0.1, 0.15) is 41.9 Å². The van der Waals surface area contributed by atoms with E-state index in [4.69, 9.17) is 9.47 Å². The summed E-state index contributed by atoms with van der Waals surface area (Å²) in [4.78, 5) is 15.3. The molecule has 0 spiro atoms. The number of aromatic nitrogens is 2. The van der Waals surface area contributed by atoms with Gasteiger partial charge in [0.05, 0.1) is 38.5 Å². The minimum atomic E-state index is -0.804. The summed E-state index contributed by atoms with van der Waals surface area (Å²) in [5, 5.41) is 4.54. The molecule has 0 radical (unpaired) electrons. The fourth-order valence-corrected chi connectivity index (χ4v) is 4.97. The molecule has 162 valence electrons. The van der Waals surface area contributed by atoms with Gasteiger partial charge >= 0.3 is 5.97 Å². The van der Waals surface area contributed by atoms with Crippen molar-refractivity contribution in [1.29, 1.82) is 0 Å². The fraction of sp³-hybridized carbons (Fsp3) is 0.565. The predicted molar refractivity (Wildman–Crippen MR) is 111 cm³/mol. The summed E-state index contributed by atoms with van der Waals surface area (Å²) >= 11 is 0. The molecule has 2 atom stereocenters. The van der Waals surface area contributed by atoms with Crippen molar-refractivity contribution in [3.8, 4) is 0 Å². The zero-order valence-electron chi connectivity index (χ0n) is 17.8. The van der Waals surface area contributed by atoms with E-state index < -0.39 is 5.41 Å². The Morgan fingerprint density at radius 3 is 2.90 bits per heavy atom. The Morgan fingerprint density at radius 2 is 2.13 bits per heavy atom. The van der Waals surface area contributed by atoms with Crippen molar-refractivity contribution < 1.29 is 18.7 Å². The molecule has 1 saturated carbocycles. The fourth-order valence-electron chi connectivity index (χ4n) is 4.97. The predicted octanol–water partition coefficient (Wildman–Crippen LogP) is 3.04. The molecule has 1 aromatic carbocycles. The van der Waals surface area contributed by atoms with Gasteiger partial charge in [0.1, 0.15) is 5.82 Å². The van der Waals surface area contributed by atoms with Crippen LogP contribution >= 0.6 is 0 Å². The van der Waals surface area contributed by atoms with Crippen molar-refractivity contribution in [2.75, 3.05) is 40.0 Å². The average Bonchev–Trinajstić information content (AvgIpc) is 3.42. The van der Waals surface area contributed by atoms with E-state index >= 15 is 0 Å². The molecule has 6 nitrogen and oxygen atoms in total. The zero-order valence-corrected chi connectivity index (χ0v) is 17.8. The van der Waals surface area contributed by atoms with Crippen LogP contribution in [0.5, 0.6) is 0 Å². The maximum Gasteiger partial charge on any atom is 0.316 e. The van der Waals surface area contributed by atoms with Gasteiger partial charge in [-0.25, -0.2) is 4.39 Å². The van der Waals surface area contributed by atoms with Crippen molar-refractivity contribution >= 4 is 5.97 Å². The van der Waals surface area contributed by atoms with Crippen LogP contribution in [-0.4, -0.2) is 60.6 Å². The molecule has 7 heteroatoms. The second kappa shape index (κ2) is 8.86. The molecule has 1 aliphatic carbocycles. The monoisotopic (exact) mass is 415 g/mol. The SMILES string of the molecule is COC(=O)[C@@]1(c2cccc(F)c2C)CC[C@@H](c2cnn(CCN3CCOCC3)c2)C1. The minimum absolute atomic E-state index is 0.198. The zero-order chi connectivity index (χ0) is 21.1. The number of benzene rings is 1. The van der Waals surface area contributed by atoms with E-state index in [2.05, 4.69) is 16.2 Å². The molecule has 0 amide bonds. The van der Waals surface area contributed by atoms with Gasteiger partial charge in [-0.1, -0.05) is 12.1 Å². The quantitative estimate of drug-likeness (QED) is 0.679. The summed E-state index contributed by atoms with van der Waals surface area (Å²) in [7, 11) is 1.41. The first-order valence-electron chi connectivity index (χ1n) is 10.7. The number of ether oxygens (including phenoxy) is 2. The van der Waals surface area contributed by atoms with Gasteiger partial charge in [0.25, 0.3) is 0 Å². The molecule has 1 aromatic heterocycles. The minimum Gasteiger partial charge on any atom is -0.468 e. The molecule has 2 heterocycles. The Hall–Kier alpha value is -2.25. The lowest BCUT2D eigenvalue weighted by atomic mass is 9.75. The molecule has 0 N–H and O–H groups in total. The Balaban J connectivity index is 1.49. The number of carbonyl (C=O) groups excluding carboxylic acids is 1. The first-order chi connectivity index (χ1) is 14.5. The summed E-state index contributed by atoms with van der Waals surface area (Å²) in [6, 6.07) is 4.98. The van der Waals surface area contributed by atoms with Gasteiger partial charge in [0, 0.05) is 25.8 Å². The van der Waals surface area contributed by atoms with Gasteiger partial charge in [0.15, 0.2) is 0 Å². The van der Waals surface area contributed by atoms with E-state index in [-0.39, 0.29) is 17.7 Å². The number of morpholine rings is 1. The molecule has 2 fully saturated rings. The average molecular weight is 416 g/mol. The third-order valence-corrected chi connectivity index (χ3v) is 6.75. The van der Waals surface area contributed by atoms with Crippen LogP contribution in [0.4, 0.5) is 4.39 Å². The maximum absolute atomic E-state index is 14.3. The molecule has 0 unspecified atom stereocenters. The Morgan fingerprint density at radius 1 is 1.33 bits per heavy atom. The van der Waals surface area contributed by atoms with Crippen molar-refractivity contribution in [3.63, 3.8) is 0 Å². The maximum atomic E-state index is 14.3. The van der Waals surface area contributed by atoms with Crippen LogP contribution in [-0.2, 0) is 26.2 Å². The smallest absolute Gasteiger partial charge is 0.316 e. The molecular weight excluding hydrogens is 385 g/mol. The van der Waals surface area contributed by atoms with Gasteiger partial charge in [-0.3, -0.25) is 14.4 Å². The van der Waals surface area contributed by atoms with Crippen LogP contribution < -0.4 is 0 Å². The summed E-state index contributed by atoms with van der Waals surface area (Å²) in [6.45, 7) is 7.04. The number of hydrogen-bond acceptors (Lipinski definition) is 5. The number of nitrogens with zero attached hydrogens (tertiary/aromatic N) is 3. The lowest BCUT2D eigenvalue weighted by molar-refractivity contribution is -0.147. The number of carbonyl (C=O) groups is 1. The van der Waals surface area contributed by atoms with Gasteiger partial charge < -0.3 is 9.47 Å². The van der Waals surface area contributed by atoms with Gasteiger partial charge in [-0.05, 0) is 54.9 Å². The van der Waals surface area contributed by atoms with Gasteiger partial charge in [0.2, 0.25) is 0 Å². The number of methoxy groups -OCH3 is 1. The highest BCUT2D eigenvalue weighted by Gasteiger charge is 2.49. The van der Waals surface area contributed by atoms with Crippen LogP contribution in [0.25, 0.3) is 0 Å². The lowest BCUT2D eigenvalue weighted by Gasteiger charge is -2.28. The molecule has 1 saturated heterocycles. The highest BCUT2D eigenvalue weighted by atomic mass is 19.1. The third-order valence-electron chi connectivity index (χ3n) is 6.75. The molecule has 30 heavy (non-hydrogen) atoms. The van der Waals surface area contributed by atoms with Crippen LogP contribution in [0, 0.1) is 12.7 Å². The van der Waals surface area contributed by atoms with Gasteiger partial charge in [-0.2, -0.15) is 5.10 Å². The lowest BCUT2D eigenvalue weighted by Crippen LogP contribution is -2.38. The number of halogens is 1. The number of hydrogen-bond donors (Lipinski definition) is 0. The molecule has 2 aromatic rings. The normalized spacial score (nSPS) is 24.8. The summed E-state index contributed by atoms with van der Waals surface area (Å²) in [5.41, 5.74) is 1.61. The van der Waals surface area contributed by atoms with Crippen molar-refractivity contribution in [2.24, 2.45) is 0 Å². The largest absolute Gasteiger partial charge is 0.468 e. The van der Waals surface area contributed by atoms with E-state index in [0.29, 0.717) is 18.4 Å². The Bertz CT molecular complexity index is 894. The molecule has 2 aliphatic rings. The standard InChI is InChI=1S/C23H30FN3O3/c1-17-20(4-3-5-21(17)24)23(22(28)29-2)7-6-18(14-23)19-15-25-27(16-19)9-8-26-10-12-30-13-11-26/h3-5,15-16,18H,6-14H2,1-2H3/t18-,23+/m1/s1. The molecule has 1 aliphatic heterocycles. The molecule has 4 rings (SSSR count). The van der Waals surface area contributed by atoms with Crippen LogP contribution in [0.2, 0.25) is 0 Å². The van der Waals surface area contributed by atoms with Crippen LogP contribution in [0.3, 0.4) is 0 Å². The van der Waals surface area contributed by atoms with E-state index in [1.807, 2.05) is 16.9 Å². The van der Waals surface area contributed by atoms with Crippen molar-refractivity contribution in [3.05, 3.63) is 53.1 Å². The highest BCUT2D eigenvalue weighted by molar-refractivity contribution is 5.84. The summed E-state index contributed by atoms with van der Waals surface area (Å²) in [5.74, 6) is -0.363. The van der Waals surface area contributed by atoms with E-state index in [1.165, 1.54) is 13.2 Å². The Labute approximate surface area is 177 Å². The van der Waals surface area contributed by atoms with E-state index in [1.54, 1.807) is 13.0 Å². The van der Waals surface area contributed by atoms with Gasteiger partial charge in [-0.15, -0.1) is 0 Å². The summed E-state index contributed by atoms with van der Waals surface area (Å²) < 4.78 is 26.8. The van der Waals surface area contributed by atoms with Crippen molar-refractivity contribution in [1.82, 2.24) is 14.7 Å². The van der Waals surface area contributed by atoms with E-state index in [0.717, 1.165) is 56.9 Å². The Kier molecular flexibility index (Phi) is 6.20. The molecule has 0 bridgehead atoms.